The van der Waals surface area contributed by atoms with Crippen molar-refractivity contribution in [1.29, 1.82) is 0 Å². The zero-order valence-electron chi connectivity index (χ0n) is 28.2. The van der Waals surface area contributed by atoms with Gasteiger partial charge in [0, 0.05) is 6.08 Å². The molecule has 2 amide bonds. The van der Waals surface area contributed by atoms with Crippen LogP contribution in [0.3, 0.4) is 0 Å². The van der Waals surface area contributed by atoms with E-state index in [1.807, 2.05) is 42.5 Å². The van der Waals surface area contributed by atoms with Crippen LogP contribution in [0.25, 0.3) is 12.2 Å². The number of hydrogen-bond acceptors (Lipinski definition) is 5. The summed E-state index contributed by atoms with van der Waals surface area (Å²) in [5.74, 6) is 1.03. The normalized spacial score (nSPS) is 13.4. The highest BCUT2D eigenvalue weighted by molar-refractivity contribution is 6.78. The average molecular weight is 640 g/mol. The molecule has 0 fully saturated rings. The van der Waals surface area contributed by atoms with Crippen molar-refractivity contribution >= 4 is 44.1 Å². The van der Waals surface area contributed by atoms with Gasteiger partial charge < -0.3 is 13.9 Å². The predicted molar refractivity (Wildman–Crippen MR) is 186 cm³/mol. The Balaban J connectivity index is 2.24. The molecular formula is C36H50ClNO5Si. The number of rotatable bonds is 12. The summed E-state index contributed by atoms with van der Waals surface area (Å²) in [4.78, 5) is 27.5. The highest BCUT2D eigenvalue weighted by atomic mass is 35.5. The van der Waals surface area contributed by atoms with Crippen LogP contribution < -0.4 is 9.16 Å². The molecule has 0 radical (unpaired) electrons. The van der Waals surface area contributed by atoms with Crippen LogP contribution in [0.2, 0.25) is 21.6 Å². The van der Waals surface area contributed by atoms with Gasteiger partial charge in [-0.2, -0.15) is 0 Å². The van der Waals surface area contributed by atoms with Crippen LogP contribution in [0.4, 0.5) is 4.79 Å². The third-order valence-electron chi connectivity index (χ3n) is 7.52. The number of halogens is 1. The summed E-state index contributed by atoms with van der Waals surface area (Å²) >= 11 is 6.30. The molecule has 1 atom stereocenters. The lowest BCUT2D eigenvalue weighted by atomic mass is 10.1. The van der Waals surface area contributed by atoms with E-state index in [0.29, 0.717) is 27.4 Å². The number of ether oxygens (including phenoxy) is 2. The van der Waals surface area contributed by atoms with Crippen molar-refractivity contribution < 1.29 is 23.5 Å². The first kappa shape index (κ1) is 36.9. The second kappa shape index (κ2) is 16.1. The fraction of sp³-hybridized carbons (Fsp3) is 0.444. The maximum atomic E-state index is 13.2. The summed E-state index contributed by atoms with van der Waals surface area (Å²) < 4.78 is 17.5. The van der Waals surface area contributed by atoms with E-state index in [1.54, 1.807) is 65.2 Å². The zero-order valence-corrected chi connectivity index (χ0v) is 29.9. The van der Waals surface area contributed by atoms with Gasteiger partial charge in [-0.25, -0.2) is 9.69 Å². The van der Waals surface area contributed by atoms with Gasteiger partial charge in [0.25, 0.3) is 14.2 Å². The number of amides is 2. The van der Waals surface area contributed by atoms with E-state index in [9.17, 15) is 9.59 Å². The quantitative estimate of drug-likeness (QED) is 0.131. The number of carbonyl (C=O) groups is 2. The molecule has 0 heterocycles. The minimum Gasteiger partial charge on any atom is -0.543 e. The minimum absolute atomic E-state index is 0.476. The standard InChI is InChI=1S/C36H50ClNO5Si/c1-25(2)44(26(3)4,27(5)6)43-31-21-18-29(19-22-31)17-16-28(7)38(35(40)42-36(8,9)10)34(39)15-13-12-14-30-20-23-32(41-11)24-33(30)37/h12-28H,1-11H3/b14-12+,15-13+,17-16-/t28-/m1/s1. The molecule has 2 aromatic rings. The molecule has 2 aromatic carbocycles. The van der Waals surface area contributed by atoms with Crippen LogP contribution in [0.15, 0.2) is 66.8 Å². The van der Waals surface area contributed by atoms with Crippen molar-refractivity contribution in [2.24, 2.45) is 0 Å². The van der Waals surface area contributed by atoms with Gasteiger partial charge in [-0.05, 0) is 85.8 Å². The number of allylic oxidation sites excluding steroid dienone is 2. The summed E-state index contributed by atoms with van der Waals surface area (Å²) in [7, 11) is -0.483. The lowest BCUT2D eigenvalue weighted by Gasteiger charge is -2.42. The van der Waals surface area contributed by atoms with E-state index in [-0.39, 0.29) is 0 Å². The van der Waals surface area contributed by atoms with Crippen molar-refractivity contribution in [3.05, 3.63) is 82.9 Å². The number of imide groups is 1. The zero-order chi connectivity index (χ0) is 33.2. The molecular weight excluding hydrogens is 590 g/mol. The lowest BCUT2D eigenvalue weighted by molar-refractivity contribution is -0.126. The van der Waals surface area contributed by atoms with E-state index in [0.717, 1.165) is 21.8 Å². The van der Waals surface area contributed by atoms with E-state index < -0.39 is 32.0 Å². The van der Waals surface area contributed by atoms with Gasteiger partial charge in [-0.1, -0.05) is 95.7 Å². The molecule has 0 aliphatic heterocycles. The van der Waals surface area contributed by atoms with Crippen LogP contribution >= 0.6 is 11.6 Å². The first-order valence-electron chi connectivity index (χ1n) is 15.2. The van der Waals surface area contributed by atoms with Gasteiger partial charge in [0.05, 0.1) is 18.2 Å². The van der Waals surface area contributed by atoms with Gasteiger partial charge in [0.15, 0.2) is 0 Å². The topological polar surface area (TPSA) is 65.1 Å². The molecule has 44 heavy (non-hydrogen) atoms. The van der Waals surface area contributed by atoms with Crippen molar-refractivity contribution in [1.82, 2.24) is 4.90 Å². The number of methoxy groups -OCH3 is 1. The maximum Gasteiger partial charge on any atom is 0.417 e. The highest BCUT2D eigenvalue weighted by Crippen LogP contribution is 2.42. The molecule has 0 saturated heterocycles. The maximum absolute atomic E-state index is 13.2. The Kier molecular flexibility index (Phi) is 13.5. The van der Waals surface area contributed by atoms with Crippen molar-refractivity contribution in [2.75, 3.05) is 7.11 Å². The minimum atomic E-state index is -2.06. The monoisotopic (exact) mass is 639 g/mol. The summed E-state index contributed by atoms with van der Waals surface area (Å²) in [5.41, 5.74) is 2.37. The van der Waals surface area contributed by atoms with Crippen LogP contribution in [0.1, 0.15) is 80.4 Å². The number of carbonyl (C=O) groups excluding carboxylic acids is 2. The number of nitrogens with zero attached hydrogens (tertiary/aromatic N) is 1. The summed E-state index contributed by atoms with van der Waals surface area (Å²) in [6.45, 7) is 20.7. The SMILES string of the molecule is COc1ccc(/C=C/C=C/C(=O)N(C(=O)OC(C)(C)C)[C@H](C)/C=C\c2ccc(O[Si](C(C)C)(C(C)C)C(C)C)cc2)c(Cl)c1. The Labute approximate surface area is 270 Å². The average Bonchev–Trinajstić information content (AvgIpc) is 2.92. The molecule has 0 spiro atoms. The molecule has 0 aromatic heterocycles. The number of benzene rings is 2. The van der Waals surface area contributed by atoms with Crippen molar-refractivity contribution in [3.63, 3.8) is 0 Å². The molecule has 0 aliphatic rings. The summed E-state index contributed by atoms with van der Waals surface area (Å²) in [6.07, 6.45) is 9.37. The third-order valence-corrected chi connectivity index (χ3v) is 13.8. The highest BCUT2D eigenvalue weighted by Gasteiger charge is 2.47. The van der Waals surface area contributed by atoms with Crippen LogP contribution in [0, 0.1) is 0 Å². The largest absolute Gasteiger partial charge is 0.543 e. The molecule has 0 aliphatic carbocycles. The molecule has 0 N–H and O–H groups in total. The lowest BCUT2D eigenvalue weighted by Crippen LogP contribution is -2.50. The van der Waals surface area contributed by atoms with Gasteiger partial charge in [-0.15, -0.1) is 0 Å². The summed E-state index contributed by atoms with van der Waals surface area (Å²) in [5, 5.41) is 0.523. The van der Waals surface area contributed by atoms with Crippen LogP contribution in [0.5, 0.6) is 11.5 Å². The van der Waals surface area contributed by atoms with E-state index in [4.69, 9.17) is 25.5 Å². The van der Waals surface area contributed by atoms with Gasteiger partial charge >= 0.3 is 6.09 Å². The first-order valence-corrected chi connectivity index (χ1v) is 17.7. The molecule has 0 bridgehead atoms. The van der Waals surface area contributed by atoms with Crippen LogP contribution in [-0.4, -0.2) is 44.0 Å². The molecule has 0 unspecified atom stereocenters. The van der Waals surface area contributed by atoms with E-state index >= 15 is 0 Å². The van der Waals surface area contributed by atoms with Crippen molar-refractivity contribution in [2.45, 2.75) is 97.5 Å². The molecule has 8 heteroatoms. The fourth-order valence-corrected chi connectivity index (χ4v) is 10.9. The smallest absolute Gasteiger partial charge is 0.417 e. The second-order valence-electron chi connectivity index (χ2n) is 12.9. The molecule has 0 saturated carbocycles. The Bertz CT molecular complexity index is 1320. The molecule has 240 valence electrons. The van der Waals surface area contributed by atoms with E-state index in [2.05, 4.69) is 41.5 Å². The number of hydrogen-bond donors (Lipinski definition) is 0. The van der Waals surface area contributed by atoms with Crippen LogP contribution in [-0.2, 0) is 9.53 Å². The second-order valence-corrected chi connectivity index (χ2v) is 18.7. The van der Waals surface area contributed by atoms with Gasteiger partial charge in [0.1, 0.15) is 17.1 Å². The first-order chi connectivity index (χ1) is 20.5. The Morgan fingerprint density at radius 3 is 1.91 bits per heavy atom. The Morgan fingerprint density at radius 1 is 0.841 bits per heavy atom. The van der Waals surface area contributed by atoms with Gasteiger partial charge in [0.2, 0.25) is 0 Å². The Hall–Kier alpha value is -3.29. The molecule has 6 nitrogen and oxygen atoms in total. The van der Waals surface area contributed by atoms with Crippen molar-refractivity contribution in [3.8, 4) is 11.5 Å². The summed E-state index contributed by atoms with van der Waals surface area (Å²) in [6, 6.07) is 12.8. The molecule has 2 rings (SSSR count). The predicted octanol–water partition coefficient (Wildman–Crippen LogP) is 10.3. The third kappa shape index (κ3) is 10.1. The van der Waals surface area contributed by atoms with E-state index in [1.165, 1.54) is 6.08 Å². The fourth-order valence-electron chi connectivity index (χ4n) is 5.46. The Morgan fingerprint density at radius 2 is 1.41 bits per heavy atom. The van der Waals surface area contributed by atoms with Gasteiger partial charge in [-0.3, -0.25) is 4.79 Å².